The van der Waals surface area contributed by atoms with Crippen LogP contribution >= 0.6 is 12.4 Å². The Morgan fingerprint density at radius 1 is 1.29 bits per heavy atom. The standard InChI is InChI=1S/C14H20N2O3S.ClH/c17-20(18,16-12-4-1-7-15-10-12)13-5-6-14-11(9-13)3-2-8-19-14;/h5-6,9,12,15-16H,1-4,7-8,10H2;1H. The molecule has 1 saturated heterocycles. The molecule has 2 N–H and O–H groups in total. The number of ether oxygens (including phenoxy) is 1. The lowest BCUT2D eigenvalue weighted by Gasteiger charge is -2.24. The number of nitrogens with one attached hydrogen (secondary N) is 2. The van der Waals surface area contributed by atoms with Crippen LogP contribution < -0.4 is 14.8 Å². The summed E-state index contributed by atoms with van der Waals surface area (Å²) in [6, 6.07) is 5.12. The number of aryl methyl sites for hydroxylation is 1. The average molecular weight is 333 g/mol. The third-order valence-electron chi connectivity index (χ3n) is 3.81. The molecule has 118 valence electrons. The van der Waals surface area contributed by atoms with Crippen molar-refractivity contribution >= 4 is 22.4 Å². The number of hydrogen-bond donors (Lipinski definition) is 2. The van der Waals surface area contributed by atoms with Crippen LogP contribution in [0, 0.1) is 0 Å². The number of benzene rings is 1. The van der Waals surface area contributed by atoms with E-state index in [-0.39, 0.29) is 18.4 Å². The highest BCUT2D eigenvalue weighted by molar-refractivity contribution is 7.89. The van der Waals surface area contributed by atoms with Gasteiger partial charge in [-0.05, 0) is 56.0 Å². The summed E-state index contributed by atoms with van der Waals surface area (Å²) in [5.74, 6) is 0.814. The minimum absolute atomic E-state index is 0. The Morgan fingerprint density at radius 3 is 2.90 bits per heavy atom. The Labute approximate surface area is 131 Å². The molecule has 0 radical (unpaired) electrons. The number of sulfonamides is 1. The van der Waals surface area contributed by atoms with Gasteiger partial charge in [-0.3, -0.25) is 0 Å². The summed E-state index contributed by atoms with van der Waals surface area (Å²) in [4.78, 5) is 0.340. The van der Waals surface area contributed by atoms with Gasteiger partial charge in [0.25, 0.3) is 0 Å². The molecule has 0 spiro atoms. The van der Waals surface area contributed by atoms with E-state index in [1.807, 2.05) is 0 Å². The summed E-state index contributed by atoms with van der Waals surface area (Å²) >= 11 is 0. The Kier molecular flexibility index (Phi) is 5.48. The topological polar surface area (TPSA) is 67.4 Å². The maximum absolute atomic E-state index is 12.4. The molecule has 1 fully saturated rings. The molecule has 1 aromatic carbocycles. The van der Waals surface area contributed by atoms with Crippen molar-refractivity contribution in [2.24, 2.45) is 0 Å². The van der Waals surface area contributed by atoms with Crippen LogP contribution in [0.15, 0.2) is 23.1 Å². The van der Waals surface area contributed by atoms with E-state index in [0.29, 0.717) is 18.0 Å². The highest BCUT2D eigenvalue weighted by Crippen LogP contribution is 2.27. The summed E-state index contributed by atoms with van der Waals surface area (Å²) in [6.45, 7) is 2.38. The maximum Gasteiger partial charge on any atom is 0.240 e. The Balaban J connectivity index is 0.00000161. The van der Waals surface area contributed by atoms with Crippen molar-refractivity contribution in [1.82, 2.24) is 10.0 Å². The molecule has 1 aromatic rings. The largest absolute Gasteiger partial charge is 0.493 e. The molecule has 5 nitrogen and oxygen atoms in total. The smallest absolute Gasteiger partial charge is 0.240 e. The van der Waals surface area contributed by atoms with Gasteiger partial charge in [0.05, 0.1) is 11.5 Å². The molecule has 0 saturated carbocycles. The molecular formula is C14H21ClN2O3S. The summed E-state index contributed by atoms with van der Waals surface area (Å²) in [7, 11) is -3.44. The fourth-order valence-electron chi connectivity index (χ4n) is 2.74. The second-order valence-electron chi connectivity index (χ2n) is 5.39. The van der Waals surface area contributed by atoms with Gasteiger partial charge in [-0.25, -0.2) is 13.1 Å². The predicted molar refractivity (Wildman–Crippen MR) is 83.7 cm³/mol. The summed E-state index contributed by atoms with van der Waals surface area (Å²) in [5, 5.41) is 3.21. The molecule has 2 aliphatic rings. The Hall–Kier alpha value is -0.820. The van der Waals surface area contributed by atoms with E-state index in [0.717, 1.165) is 43.5 Å². The van der Waals surface area contributed by atoms with Crippen LogP contribution in [0.1, 0.15) is 24.8 Å². The van der Waals surface area contributed by atoms with Gasteiger partial charge in [0.2, 0.25) is 10.0 Å². The van der Waals surface area contributed by atoms with Gasteiger partial charge >= 0.3 is 0 Å². The molecule has 1 unspecified atom stereocenters. The lowest BCUT2D eigenvalue weighted by atomic mass is 10.1. The second kappa shape index (κ2) is 6.96. The number of piperidine rings is 1. The molecule has 1 atom stereocenters. The highest BCUT2D eigenvalue weighted by Gasteiger charge is 2.23. The molecule has 0 aliphatic carbocycles. The van der Waals surface area contributed by atoms with Crippen molar-refractivity contribution in [3.05, 3.63) is 23.8 Å². The van der Waals surface area contributed by atoms with Crippen LogP contribution in [0.2, 0.25) is 0 Å². The van der Waals surface area contributed by atoms with Crippen LogP contribution in [0.5, 0.6) is 5.75 Å². The van der Waals surface area contributed by atoms with Crippen molar-refractivity contribution < 1.29 is 13.2 Å². The molecule has 21 heavy (non-hydrogen) atoms. The molecular weight excluding hydrogens is 312 g/mol. The first-order chi connectivity index (χ1) is 9.65. The number of halogens is 1. The zero-order valence-corrected chi connectivity index (χ0v) is 13.4. The molecule has 2 aliphatic heterocycles. The molecule has 0 amide bonds. The zero-order valence-electron chi connectivity index (χ0n) is 11.8. The second-order valence-corrected chi connectivity index (χ2v) is 7.10. The van der Waals surface area contributed by atoms with Crippen molar-refractivity contribution in [2.75, 3.05) is 19.7 Å². The first-order valence-electron chi connectivity index (χ1n) is 7.14. The van der Waals surface area contributed by atoms with Gasteiger partial charge in [0, 0.05) is 12.6 Å². The van der Waals surface area contributed by atoms with E-state index < -0.39 is 10.0 Å². The normalized spacial score (nSPS) is 21.8. The molecule has 0 aromatic heterocycles. The Morgan fingerprint density at radius 2 is 2.14 bits per heavy atom. The molecule has 7 heteroatoms. The van der Waals surface area contributed by atoms with E-state index in [9.17, 15) is 8.42 Å². The van der Waals surface area contributed by atoms with Crippen molar-refractivity contribution in [3.63, 3.8) is 0 Å². The van der Waals surface area contributed by atoms with Crippen LogP contribution in [0.25, 0.3) is 0 Å². The van der Waals surface area contributed by atoms with Crippen LogP contribution in [-0.2, 0) is 16.4 Å². The van der Waals surface area contributed by atoms with E-state index in [1.54, 1.807) is 18.2 Å². The fourth-order valence-corrected chi connectivity index (χ4v) is 4.06. The Bertz CT molecular complexity index is 586. The molecule has 3 rings (SSSR count). The maximum atomic E-state index is 12.4. The molecule has 2 heterocycles. The predicted octanol–water partition coefficient (Wildman–Crippen LogP) is 1.46. The minimum Gasteiger partial charge on any atom is -0.493 e. The van der Waals surface area contributed by atoms with Crippen LogP contribution in [0.3, 0.4) is 0 Å². The van der Waals surface area contributed by atoms with Crippen molar-refractivity contribution in [2.45, 2.75) is 36.6 Å². The zero-order chi connectivity index (χ0) is 14.0. The number of hydrogen-bond acceptors (Lipinski definition) is 4. The van der Waals surface area contributed by atoms with E-state index >= 15 is 0 Å². The van der Waals surface area contributed by atoms with Gasteiger partial charge in [0.1, 0.15) is 5.75 Å². The fraction of sp³-hybridized carbons (Fsp3) is 0.571. The van der Waals surface area contributed by atoms with Gasteiger partial charge in [0.15, 0.2) is 0 Å². The van der Waals surface area contributed by atoms with Gasteiger partial charge in [-0.1, -0.05) is 0 Å². The van der Waals surface area contributed by atoms with Gasteiger partial charge < -0.3 is 10.1 Å². The third kappa shape index (κ3) is 3.88. The van der Waals surface area contributed by atoms with E-state index in [2.05, 4.69) is 10.0 Å². The van der Waals surface area contributed by atoms with Gasteiger partial charge in [-0.2, -0.15) is 0 Å². The first-order valence-corrected chi connectivity index (χ1v) is 8.62. The van der Waals surface area contributed by atoms with Crippen LogP contribution in [-0.4, -0.2) is 34.2 Å². The minimum atomic E-state index is -3.44. The summed E-state index contributed by atoms with van der Waals surface area (Å²) in [5.41, 5.74) is 0.987. The number of rotatable bonds is 3. The first kappa shape index (κ1) is 16.5. The quantitative estimate of drug-likeness (QED) is 0.879. The van der Waals surface area contributed by atoms with Crippen LogP contribution in [0.4, 0.5) is 0 Å². The van der Waals surface area contributed by atoms with Gasteiger partial charge in [-0.15, -0.1) is 12.4 Å². The van der Waals surface area contributed by atoms with Crippen molar-refractivity contribution in [3.8, 4) is 5.75 Å². The van der Waals surface area contributed by atoms with E-state index in [4.69, 9.17) is 4.74 Å². The van der Waals surface area contributed by atoms with Crippen molar-refractivity contribution in [1.29, 1.82) is 0 Å². The highest BCUT2D eigenvalue weighted by atomic mass is 35.5. The lowest BCUT2D eigenvalue weighted by Crippen LogP contribution is -2.45. The SMILES string of the molecule is Cl.O=S(=O)(NC1CCCNC1)c1ccc2c(c1)CCCO2. The molecule has 0 bridgehead atoms. The third-order valence-corrected chi connectivity index (χ3v) is 5.33. The lowest BCUT2D eigenvalue weighted by molar-refractivity contribution is 0.288. The number of fused-ring (bicyclic) bond motifs is 1. The average Bonchev–Trinajstić information content (AvgIpc) is 2.47. The van der Waals surface area contributed by atoms with E-state index in [1.165, 1.54) is 0 Å². The summed E-state index contributed by atoms with van der Waals surface area (Å²) in [6.07, 6.45) is 3.71. The monoisotopic (exact) mass is 332 g/mol. The summed E-state index contributed by atoms with van der Waals surface area (Å²) < 4.78 is 33.1.